The fourth-order valence-electron chi connectivity index (χ4n) is 2.99. The average Bonchev–Trinajstić information content (AvgIpc) is 2.56. The van der Waals surface area contributed by atoms with Gasteiger partial charge in [-0.2, -0.15) is 0 Å². The van der Waals surface area contributed by atoms with Gasteiger partial charge in [0.1, 0.15) is 11.9 Å². The van der Waals surface area contributed by atoms with Crippen molar-refractivity contribution in [3.05, 3.63) is 12.2 Å². The topological polar surface area (TPSA) is 26.3 Å². The third kappa shape index (κ3) is 4.02. The van der Waals surface area contributed by atoms with Crippen LogP contribution in [-0.4, -0.2) is 5.97 Å². The molecule has 1 saturated carbocycles. The second-order valence-corrected chi connectivity index (χ2v) is 5.82. The first-order chi connectivity index (χ1) is 8.01. The van der Waals surface area contributed by atoms with Crippen molar-refractivity contribution < 1.29 is 9.08 Å². The lowest BCUT2D eigenvalue weighted by atomic mass is 9.76. The van der Waals surface area contributed by atoms with E-state index in [2.05, 4.69) is 37.2 Å². The monoisotopic (exact) mass is 258 g/mol. The molecule has 3 heteroatoms. The quantitative estimate of drug-likeness (QED) is 0.680. The Morgan fingerprint density at radius 3 is 2.76 bits per heavy atom. The van der Waals surface area contributed by atoms with Crippen LogP contribution in [0.5, 0.6) is 0 Å². The molecule has 0 radical (unpaired) electrons. The van der Waals surface area contributed by atoms with Crippen molar-refractivity contribution in [1.29, 1.82) is 0 Å². The molecule has 1 rings (SSSR count). The van der Waals surface area contributed by atoms with Gasteiger partial charge in [0.05, 0.1) is 6.42 Å². The second-order valence-electron chi connectivity index (χ2n) is 5.66. The predicted molar refractivity (Wildman–Crippen MR) is 70.6 cm³/mol. The van der Waals surface area contributed by atoms with Gasteiger partial charge in [-0.05, 0) is 42.9 Å². The van der Waals surface area contributed by atoms with E-state index in [0.29, 0.717) is 23.7 Å². The minimum Gasteiger partial charge on any atom is -0.348 e. The molecule has 0 amide bonds. The van der Waals surface area contributed by atoms with Gasteiger partial charge in [-0.15, -0.1) is 0 Å². The molecule has 2 atom stereocenters. The van der Waals surface area contributed by atoms with Gasteiger partial charge < -0.3 is 4.29 Å². The molecule has 0 spiro atoms. The molecule has 2 nitrogen and oxygen atoms in total. The summed E-state index contributed by atoms with van der Waals surface area (Å²) in [5.41, 5.74) is 0.315. The first-order valence-corrected chi connectivity index (χ1v) is 6.78. The van der Waals surface area contributed by atoms with E-state index >= 15 is 0 Å². The molecule has 0 bridgehead atoms. The van der Waals surface area contributed by atoms with Crippen molar-refractivity contribution >= 4 is 17.8 Å². The summed E-state index contributed by atoms with van der Waals surface area (Å²) in [7, 11) is 0. The van der Waals surface area contributed by atoms with Crippen LogP contribution in [0.2, 0.25) is 0 Å². The molecule has 0 heterocycles. The Balaban J connectivity index is 2.63. The molecule has 0 saturated heterocycles. The lowest BCUT2D eigenvalue weighted by Gasteiger charge is -2.29. The molecule has 0 aromatic heterocycles. The van der Waals surface area contributed by atoms with Crippen LogP contribution in [0.15, 0.2) is 12.2 Å². The Hall–Kier alpha value is -0.500. The van der Waals surface area contributed by atoms with Crippen LogP contribution in [0.4, 0.5) is 0 Å². The Morgan fingerprint density at radius 1 is 1.47 bits per heavy atom. The van der Waals surface area contributed by atoms with Crippen LogP contribution in [0.1, 0.15) is 52.9 Å². The molecule has 1 aliphatic rings. The molecule has 0 aromatic rings. The number of hydrogen-bond donors (Lipinski definition) is 0. The number of hydrogen-bond acceptors (Lipinski definition) is 2. The molecule has 0 N–H and O–H groups in total. The number of carbonyl (C=O) groups is 1. The van der Waals surface area contributed by atoms with Gasteiger partial charge in [0, 0.05) is 0 Å². The van der Waals surface area contributed by atoms with E-state index in [1.54, 1.807) is 0 Å². The molecular formula is C14H23ClO2. The highest BCUT2D eigenvalue weighted by Gasteiger charge is 2.41. The Kier molecular flexibility index (Phi) is 5.51. The van der Waals surface area contributed by atoms with Gasteiger partial charge in [0.25, 0.3) is 0 Å². The van der Waals surface area contributed by atoms with E-state index in [1.165, 1.54) is 6.42 Å². The summed E-state index contributed by atoms with van der Waals surface area (Å²) in [5.74, 6) is 0.678. The van der Waals surface area contributed by atoms with E-state index in [4.69, 9.17) is 11.9 Å². The number of rotatable bonds is 5. The highest BCUT2D eigenvalue weighted by atomic mass is 35.5. The van der Waals surface area contributed by atoms with E-state index < -0.39 is 0 Å². The van der Waals surface area contributed by atoms with Crippen LogP contribution in [0.25, 0.3) is 0 Å². The number of halogens is 1. The Bertz CT molecular complexity index is 284. The van der Waals surface area contributed by atoms with E-state index in [1.807, 2.05) is 0 Å². The van der Waals surface area contributed by atoms with Crippen LogP contribution < -0.4 is 0 Å². The van der Waals surface area contributed by atoms with Crippen molar-refractivity contribution in [3.63, 3.8) is 0 Å². The van der Waals surface area contributed by atoms with Gasteiger partial charge in [-0.25, -0.2) is 0 Å². The van der Waals surface area contributed by atoms with Crippen molar-refractivity contribution in [2.75, 3.05) is 0 Å². The fraction of sp³-hybridized carbons (Fsp3) is 0.786. The second kappa shape index (κ2) is 6.44. The molecular weight excluding hydrogens is 236 g/mol. The van der Waals surface area contributed by atoms with Crippen molar-refractivity contribution in [1.82, 2.24) is 0 Å². The van der Waals surface area contributed by atoms with Crippen LogP contribution in [0.3, 0.4) is 0 Å². The molecule has 17 heavy (non-hydrogen) atoms. The Labute approximate surface area is 110 Å². The van der Waals surface area contributed by atoms with E-state index in [9.17, 15) is 4.79 Å². The Morgan fingerprint density at radius 2 is 2.18 bits per heavy atom. The van der Waals surface area contributed by atoms with Gasteiger partial charge in [-0.3, -0.25) is 4.79 Å². The van der Waals surface area contributed by atoms with E-state index in [-0.39, 0.29) is 5.97 Å². The maximum absolute atomic E-state index is 11.3. The van der Waals surface area contributed by atoms with Crippen molar-refractivity contribution in [3.8, 4) is 0 Å². The average molecular weight is 259 g/mol. The number of allylic oxidation sites excluding steroid dienone is 2. The van der Waals surface area contributed by atoms with Gasteiger partial charge in [0.15, 0.2) is 0 Å². The zero-order valence-corrected chi connectivity index (χ0v) is 11.8. The summed E-state index contributed by atoms with van der Waals surface area (Å²) in [4.78, 5) is 11.3. The summed E-state index contributed by atoms with van der Waals surface area (Å²) in [6.45, 7) is 6.73. The smallest absolute Gasteiger partial charge is 0.325 e. The molecule has 1 fully saturated rings. The summed E-state index contributed by atoms with van der Waals surface area (Å²) in [6, 6.07) is 0. The maximum Gasteiger partial charge on any atom is 0.325 e. The zero-order valence-electron chi connectivity index (χ0n) is 11.0. The summed E-state index contributed by atoms with van der Waals surface area (Å²) in [6.07, 6.45) is 9.31. The zero-order chi connectivity index (χ0) is 12.9. The first kappa shape index (κ1) is 14.6. The third-order valence-corrected chi connectivity index (χ3v) is 4.21. The predicted octanol–water partition coefficient (Wildman–Crippen LogP) is 4.48. The van der Waals surface area contributed by atoms with Gasteiger partial charge >= 0.3 is 5.97 Å². The van der Waals surface area contributed by atoms with Crippen LogP contribution in [-0.2, 0) is 9.08 Å². The highest BCUT2D eigenvalue weighted by molar-refractivity contribution is 6.13. The lowest BCUT2D eigenvalue weighted by molar-refractivity contribution is -0.135. The number of carbonyl (C=O) groups excluding carboxylic acids is 1. The molecule has 2 unspecified atom stereocenters. The SMILES string of the molecule is CC/C=C\CC1C(CC(=O)OCl)CCC1(C)C. The summed E-state index contributed by atoms with van der Waals surface area (Å²) in [5, 5.41) is 0. The lowest BCUT2D eigenvalue weighted by Crippen LogP contribution is -2.23. The maximum atomic E-state index is 11.3. The van der Waals surface area contributed by atoms with Crippen LogP contribution >= 0.6 is 11.9 Å². The molecule has 1 aliphatic carbocycles. The van der Waals surface area contributed by atoms with Crippen molar-refractivity contribution in [2.45, 2.75) is 52.9 Å². The van der Waals surface area contributed by atoms with Crippen molar-refractivity contribution in [2.24, 2.45) is 17.3 Å². The fourth-order valence-corrected chi connectivity index (χ4v) is 3.06. The summed E-state index contributed by atoms with van der Waals surface area (Å²) >= 11 is 5.11. The van der Waals surface area contributed by atoms with Crippen LogP contribution in [0, 0.1) is 17.3 Å². The van der Waals surface area contributed by atoms with Gasteiger partial charge in [0.2, 0.25) is 0 Å². The molecule has 0 aliphatic heterocycles. The highest BCUT2D eigenvalue weighted by Crippen LogP contribution is 2.49. The minimum atomic E-state index is -0.293. The first-order valence-electron chi connectivity index (χ1n) is 6.47. The minimum absolute atomic E-state index is 0.293. The standard InChI is InChI=1S/C14H23ClO2/c1-4-5-6-7-12-11(10-13(16)17-15)8-9-14(12,2)3/h5-6,11-12H,4,7-10H2,1-3H3/b6-5-. The normalized spacial score (nSPS) is 27.5. The summed E-state index contributed by atoms with van der Waals surface area (Å²) < 4.78 is 4.27. The van der Waals surface area contributed by atoms with E-state index in [0.717, 1.165) is 19.3 Å². The molecule has 98 valence electrons. The third-order valence-electron chi connectivity index (χ3n) is 4.04. The molecule has 0 aromatic carbocycles. The largest absolute Gasteiger partial charge is 0.348 e. The van der Waals surface area contributed by atoms with Gasteiger partial charge in [-0.1, -0.05) is 32.9 Å².